The van der Waals surface area contributed by atoms with Crippen molar-refractivity contribution in [3.8, 4) is 0 Å². The molecule has 0 bridgehead atoms. The lowest BCUT2D eigenvalue weighted by Gasteiger charge is -2.34. The average molecular weight is 428 g/mol. The normalized spacial score (nSPS) is 18.7. The van der Waals surface area contributed by atoms with Crippen LogP contribution in [-0.2, 0) is 5.54 Å². The average Bonchev–Trinajstić information content (AvgIpc) is 3.17. The van der Waals surface area contributed by atoms with Gasteiger partial charge in [0.15, 0.2) is 6.04 Å². The molecule has 1 aliphatic rings. The molecule has 2 N–H and O–H groups in total. The van der Waals surface area contributed by atoms with Crippen molar-refractivity contribution in [1.29, 1.82) is 0 Å². The SMILES string of the molecule is CC(C)(NC(=O)c1cnn2c1NC(c1ccccc1)CC2C(F)(F)F)c1ccccc1. The van der Waals surface area contributed by atoms with Gasteiger partial charge >= 0.3 is 6.18 Å². The van der Waals surface area contributed by atoms with Gasteiger partial charge in [0.05, 0.1) is 17.8 Å². The molecular formula is C23H23F3N4O. The van der Waals surface area contributed by atoms with Crippen molar-refractivity contribution < 1.29 is 18.0 Å². The van der Waals surface area contributed by atoms with Crippen LogP contribution in [0, 0.1) is 0 Å². The maximum Gasteiger partial charge on any atom is 0.410 e. The number of hydrogen-bond acceptors (Lipinski definition) is 3. The van der Waals surface area contributed by atoms with Gasteiger partial charge in [-0.2, -0.15) is 18.3 Å². The monoisotopic (exact) mass is 428 g/mol. The summed E-state index contributed by atoms with van der Waals surface area (Å²) in [6, 6.07) is 15.9. The summed E-state index contributed by atoms with van der Waals surface area (Å²) in [6.45, 7) is 3.68. The molecule has 31 heavy (non-hydrogen) atoms. The lowest BCUT2D eigenvalue weighted by molar-refractivity contribution is -0.173. The second kappa shape index (κ2) is 7.76. The Labute approximate surface area is 178 Å². The van der Waals surface area contributed by atoms with Crippen LogP contribution in [0.15, 0.2) is 66.9 Å². The number of benzene rings is 2. The van der Waals surface area contributed by atoms with Crippen molar-refractivity contribution in [2.75, 3.05) is 5.32 Å². The number of aromatic nitrogens is 2. The van der Waals surface area contributed by atoms with E-state index in [9.17, 15) is 18.0 Å². The maximum absolute atomic E-state index is 13.8. The number of carbonyl (C=O) groups is 1. The highest BCUT2D eigenvalue weighted by Crippen LogP contribution is 2.44. The Morgan fingerprint density at radius 3 is 2.29 bits per heavy atom. The second-order valence-corrected chi connectivity index (χ2v) is 8.20. The van der Waals surface area contributed by atoms with Gasteiger partial charge in [0.1, 0.15) is 11.4 Å². The van der Waals surface area contributed by atoms with Crippen molar-refractivity contribution in [3.05, 3.63) is 83.6 Å². The van der Waals surface area contributed by atoms with Crippen LogP contribution in [0.3, 0.4) is 0 Å². The predicted octanol–water partition coefficient (Wildman–Crippen LogP) is 5.21. The van der Waals surface area contributed by atoms with Crippen molar-refractivity contribution in [2.45, 2.75) is 44.1 Å². The zero-order chi connectivity index (χ0) is 22.2. The summed E-state index contributed by atoms with van der Waals surface area (Å²) in [5, 5.41) is 9.96. The quantitative estimate of drug-likeness (QED) is 0.600. The van der Waals surface area contributed by atoms with E-state index in [2.05, 4.69) is 15.7 Å². The summed E-state index contributed by atoms with van der Waals surface area (Å²) in [5.41, 5.74) is 0.969. The largest absolute Gasteiger partial charge is 0.410 e. The number of anilines is 1. The van der Waals surface area contributed by atoms with Crippen LogP contribution < -0.4 is 10.6 Å². The van der Waals surface area contributed by atoms with E-state index < -0.39 is 29.7 Å². The van der Waals surface area contributed by atoms with Crippen LogP contribution in [0.5, 0.6) is 0 Å². The van der Waals surface area contributed by atoms with Gasteiger partial charge in [0, 0.05) is 6.42 Å². The highest BCUT2D eigenvalue weighted by molar-refractivity contribution is 5.99. The third kappa shape index (κ3) is 4.15. The van der Waals surface area contributed by atoms with Crippen LogP contribution in [0.2, 0.25) is 0 Å². The molecule has 2 aromatic carbocycles. The zero-order valence-electron chi connectivity index (χ0n) is 17.1. The van der Waals surface area contributed by atoms with E-state index in [1.54, 1.807) is 24.3 Å². The molecule has 0 saturated heterocycles. The number of carbonyl (C=O) groups excluding carboxylic acids is 1. The van der Waals surface area contributed by atoms with E-state index in [-0.39, 0.29) is 17.8 Å². The van der Waals surface area contributed by atoms with E-state index in [1.165, 1.54) is 6.20 Å². The lowest BCUT2D eigenvalue weighted by Crippen LogP contribution is -2.41. The second-order valence-electron chi connectivity index (χ2n) is 8.20. The fraction of sp³-hybridized carbons (Fsp3) is 0.304. The van der Waals surface area contributed by atoms with Crippen LogP contribution in [0.25, 0.3) is 0 Å². The van der Waals surface area contributed by atoms with E-state index in [4.69, 9.17) is 0 Å². The van der Waals surface area contributed by atoms with Gasteiger partial charge in [0.2, 0.25) is 0 Å². The van der Waals surface area contributed by atoms with Crippen LogP contribution in [0.1, 0.15) is 53.8 Å². The standard InChI is InChI=1S/C23H23F3N4O/c1-22(2,16-11-7-4-8-12-16)29-21(31)17-14-27-30-19(23(24,25)26)13-18(28-20(17)30)15-9-5-3-6-10-15/h3-12,14,18-19,28H,13H2,1-2H3,(H,29,31). The van der Waals surface area contributed by atoms with Gasteiger partial charge in [-0.05, 0) is 25.0 Å². The Hall–Kier alpha value is -3.29. The number of halogens is 3. The Kier molecular flexibility index (Phi) is 5.24. The molecule has 0 radical (unpaired) electrons. The van der Waals surface area contributed by atoms with Crippen molar-refractivity contribution in [1.82, 2.24) is 15.1 Å². The summed E-state index contributed by atoms with van der Waals surface area (Å²) < 4.78 is 42.3. The molecule has 0 aliphatic carbocycles. The summed E-state index contributed by atoms with van der Waals surface area (Å²) in [4.78, 5) is 13.1. The Balaban J connectivity index is 1.68. The first-order valence-electron chi connectivity index (χ1n) is 10.0. The number of nitrogens with one attached hydrogen (secondary N) is 2. The minimum absolute atomic E-state index is 0.0730. The fourth-order valence-electron chi connectivity index (χ4n) is 3.91. The van der Waals surface area contributed by atoms with Gasteiger partial charge < -0.3 is 10.6 Å². The molecule has 3 aromatic rings. The molecule has 2 unspecified atom stereocenters. The third-order valence-corrected chi connectivity index (χ3v) is 5.61. The number of rotatable bonds is 4. The van der Waals surface area contributed by atoms with E-state index in [1.807, 2.05) is 50.2 Å². The van der Waals surface area contributed by atoms with Gasteiger partial charge in [-0.1, -0.05) is 60.7 Å². The first kappa shape index (κ1) is 21.0. The van der Waals surface area contributed by atoms with Crippen molar-refractivity contribution in [3.63, 3.8) is 0 Å². The molecule has 0 fully saturated rings. The predicted molar refractivity (Wildman–Crippen MR) is 112 cm³/mol. The molecule has 2 heterocycles. The highest BCUT2D eigenvalue weighted by atomic mass is 19.4. The van der Waals surface area contributed by atoms with E-state index >= 15 is 0 Å². The number of hydrogen-bond donors (Lipinski definition) is 2. The molecule has 2 atom stereocenters. The maximum atomic E-state index is 13.8. The van der Waals surface area contributed by atoms with Gasteiger partial charge in [0.25, 0.3) is 5.91 Å². The van der Waals surface area contributed by atoms with Crippen LogP contribution in [0.4, 0.5) is 19.0 Å². The number of fused-ring (bicyclic) bond motifs is 1. The number of nitrogens with zero attached hydrogens (tertiary/aromatic N) is 2. The Morgan fingerprint density at radius 1 is 1.06 bits per heavy atom. The Bertz CT molecular complexity index is 1060. The number of amides is 1. The molecule has 0 saturated carbocycles. The summed E-state index contributed by atoms with van der Waals surface area (Å²) in [7, 11) is 0. The zero-order valence-corrected chi connectivity index (χ0v) is 17.1. The molecule has 162 valence electrons. The summed E-state index contributed by atoms with van der Waals surface area (Å²) in [5.74, 6) is -0.416. The number of alkyl halides is 3. The lowest BCUT2D eigenvalue weighted by atomic mass is 9.94. The van der Waals surface area contributed by atoms with Gasteiger partial charge in [-0.15, -0.1) is 0 Å². The molecule has 8 heteroatoms. The highest BCUT2D eigenvalue weighted by Gasteiger charge is 2.47. The third-order valence-electron chi connectivity index (χ3n) is 5.61. The van der Waals surface area contributed by atoms with Gasteiger partial charge in [-0.3, -0.25) is 4.79 Å². The first-order chi connectivity index (χ1) is 14.7. The summed E-state index contributed by atoms with van der Waals surface area (Å²) >= 11 is 0. The molecule has 1 aromatic heterocycles. The summed E-state index contributed by atoms with van der Waals surface area (Å²) in [6.07, 6.45) is -3.50. The first-order valence-corrected chi connectivity index (χ1v) is 10.0. The van der Waals surface area contributed by atoms with E-state index in [0.29, 0.717) is 0 Å². The van der Waals surface area contributed by atoms with E-state index in [0.717, 1.165) is 15.8 Å². The Morgan fingerprint density at radius 2 is 1.68 bits per heavy atom. The smallest absolute Gasteiger partial charge is 0.363 e. The van der Waals surface area contributed by atoms with Crippen molar-refractivity contribution >= 4 is 11.7 Å². The van der Waals surface area contributed by atoms with Gasteiger partial charge in [-0.25, -0.2) is 4.68 Å². The molecule has 1 aliphatic heterocycles. The topological polar surface area (TPSA) is 59.0 Å². The van der Waals surface area contributed by atoms with Crippen LogP contribution in [-0.4, -0.2) is 21.9 Å². The minimum atomic E-state index is -4.49. The van der Waals surface area contributed by atoms with Crippen molar-refractivity contribution in [2.24, 2.45) is 0 Å². The molecule has 5 nitrogen and oxygen atoms in total. The van der Waals surface area contributed by atoms with Crippen LogP contribution >= 0.6 is 0 Å². The fourth-order valence-corrected chi connectivity index (χ4v) is 3.91. The molecule has 4 rings (SSSR count). The minimum Gasteiger partial charge on any atom is -0.363 e. The molecular weight excluding hydrogens is 405 g/mol. The molecule has 1 amide bonds. The molecule has 0 spiro atoms.